The van der Waals surface area contributed by atoms with Crippen molar-refractivity contribution in [2.75, 3.05) is 0 Å². The molecular formula is C50H94N2Si2Ti2. The van der Waals surface area contributed by atoms with E-state index >= 15 is 0 Å². The van der Waals surface area contributed by atoms with Crippen LogP contribution in [0.15, 0.2) is 49.6 Å². The Balaban J connectivity index is 0. The molecule has 0 spiro atoms. The van der Waals surface area contributed by atoms with Gasteiger partial charge in [0.25, 0.3) is 0 Å². The molecule has 0 aromatic heterocycles. The summed E-state index contributed by atoms with van der Waals surface area (Å²) in [6.07, 6.45) is 29.6. The monoisotopic (exact) mass is 875 g/mol. The zero-order chi connectivity index (χ0) is 39.1. The SMILES string of the molecule is C=C/C=C/C.C=C/C=C/C.CC1CC2CC3CCCC3CC2C1[Si](C)(C)[N-]C(C)(C)C.CC1CC2CC3CCCC3CC2C1[Si](C)(C)[N-]C(C)(C)C.[CH3-].[CH3-].[Ti+2].[Ti+2]. The fraction of sp³-hybridized carbons (Fsp3) is 0.800. The number of hydrogen-bond acceptors (Lipinski definition) is 0. The van der Waals surface area contributed by atoms with Crippen molar-refractivity contribution in [2.24, 2.45) is 59.2 Å². The maximum Gasteiger partial charge on any atom is 2.00 e. The summed E-state index contributed by atoms with van der Waals surface area (Å²) in [5.41, 5.74) is 2.20. The number of rotatable bonds is 6. The van der Waals surface area contributed by atoms with Crippen molar-refractivity contribution >= 4 is 16.5 Å². The second-order valence-corrected chi connectivity index (χ2v) is 30.0. The van der Waals surface area contributed by atoms with Crippen molar-refractivity contribution < 1.29 is 43.4 Å². The second-order valence-electron chi connectivity index (χ2n) is 21.6. The molecule has 6 saturated carbocycles. The van der Waals surface area contributed by atoms with Crippen molar-refractivity contribution in [1.82, 2.24) is 0 Å². The first-order valence-electron chi connectivity index (χ1n) is 22.1. The van der Waals surface area contributed by atoms with Gasteiger partial charge in [0, 0.05) is 0 Å². The van der Waals surface area contributed by atoms with E-state index in [9.17, 15) is 0 Å². The van der Waals surface area contributed by atoms with Gasteiger partial charge in [-0.15, -0.1) is 11.1 Å². The number of allylic oxidation sites excluding steroid dienone is 6. The van der Waals surface area contributed by atoms with Gasteiger partial charge < -0.3 is 24.8 Å². The topological polar surface area (TPSA) is 28.2 Å². The fourth-order valence-electron chi connectivity index (χ4n) is 13.8. The molecule has 12 atom stereocenters. The number of fused-ring (bicyclic) bond motifs is 4. The van der Waals surface area contributed by atoms with E-state index in [1.165, 1.54) is 38.5 Å². The molecule has 0 heterocycles. The normalized spacial score (nSPS) is 34.4. The molecule has 0 radical (unpaired) electrons. The molecule has 2 nitrogen and oxygen atoms in total. The molecular weight excluding hydrogens is 780 g/mol. The van der Waals surface area contributed by atoms with Crippen LogP contribution in [0.1, 0.15) is 146 Å². The Morgan fingerprint density at radius 1 is 0.500 bits per heavy atom. The number of hydrogen-bond donors (Lipinski definition) is 0. The fourth-order valence-corrected chi connectivity index (χ4v) is 23.5. The molecule has 12 unspecified atom stereocenters. The van der Waals surface area contributed by atoms with Crippen LogP contribution in [0, 0.1) is 74.0 Å². The average Bonchev–Trinajstić information content (AvgIpc) is 3.78. The van der Waals surface area contributed by atoms with Crippen LogP contribution >= 0.6 is 0 Å². The third kappa shape index (κ3) is 16.9. The molecule has 6 aliphatic rings. The Hall–Kier alpha value is 0.742. The Morgan fingerprint density at radius 3 is 1.02 bits per heavy atom. The summed E-state index contributed by atoms with van der Waals surface area (Å²) in [6, 6.07) is 0. The molecule has 6 aliphatic carbocycles. The van der Waals surface area contributed by atoms with Gasteiger partial charge in [0.15, 0.2) is 0 Å². The van der Waals surface area contributed by atoms with Gasteiger partial charge in [0.1, 0.15) is 0 Å². The third-order valence-electron chi connectivity index (χ3n) is 14.2. The van der Waals surface area contributed by atoms with Crippen molar-refractivity contribution in [3.8, 4) is 0 Å². The van der Waals surface area contributed by atoms with E-state index in [1.807, 2.05) is 38.2 Å². The summed E-state index contributed by atoms with van der Waals surface area (Å²) in [5.74, 6) is 10.3. The summed E-state index contributed by atoms with van der Waals surface area (Å²) in [4.78, 5) is 10.8. The van der Waals surface area contributed by atoms with Crippen LogP contribution in [0.5, 0.6) is 0 Å². The van der Waals surface area contributed by atoms with E-state index in [-0.39, 0.29) is 69.4 Å². The van der Waals surface area contributed by atoms with E-state index in [0.29, 0.717) is 0 Å². The van der Waals surface area contributed by atoms with Crippen LogP contribution in [-0.2, 0) is 43.4 Å². The first kappa shape index (κ1) is 58.8. The van der Waals surface area contributed by atoms with Gasteiger partial charge in [-0.25, -0.2) is 0 Å². The average molecular weight is 875 g/mol. The van der Waals surface area contributed by atoms with Crippen molar-refractivity contribution in [1.29, 1.82) is 0 Å². The van der Waals surface area contributed by atoms with E-state index in [4.69, 9.17) is 9.96 Å². The largest absolute Gasteiger partial charge is 2.00 e. The van der Waals surface area contributed by atoms with Gasteiger partial charge in [-0.1, -0.05) is 197 Å². The maximum atomic E-state index is 5.39. The smallest absolute Gasteiger partial charge is 0.660 e. The summed E-state index contributed by atoms with van der Waals surface area (Å²) >= 11 is 0. The van der Waals surface area contributed by atoms with Gasteiger partial charge in [0.2, 0.25) is 0 Å². The van der Waals surface area contributed by atoms with Gasteiger partial charge >= 0.3 is 43.4 Å². The first-order chi connectivity index (χ1) is 24.2. The van der Waals surface area contributed by atoms with Crippen LogP contribution in [0.25, 0.3) is 9.96 Å². The Bertz CT molecular complexity index is 1080. The third-order valence-corrected chi connectivity index (χ3v) is 22.0. The van der Waals surface area contributed by atoms with E-state index in [2.05, 4.69) is 94.7 Å². The van der Waals surface area contributed by atoms with Gasteiger partial charge in [-0.2, -0.15) is 0 Å². The second kappa shape index (κ2) is 25.6. The van der Waals surface area contributed by atoms with E-state index < -0.39 is 16.5 Å². The summed E-state index contributed by atoms with van der Waals surface area (Å²) < 4.78 is 0. The van der Waals surface area contributed by atoms with Crippen LogP contribution in [0.3, 0.4) is 0 Å². The van der Waals surface area contributed by atoms with Crippen molar-refractivity contribution in [2.45, 2.75) is 195 Å². The molecule has 6 fully saturated rings. The minimum atomic E-state index is -1.50. The van der Waals surface area contributed by atoms with Crippen LogP contribution < -0.4 is 0 Å². The molecule has 0 aliphatic heterocycles. The predicted molar refractivity (Wildman–Crippen MR) is 253 cm³/mol. The van der Waals surface area contributed by atoms with Gasteiger partial charge in [-0.05, 0) is 112 Å². The maximum absolute atomic E-state index is 5.39. The Morgan fingerprint density at radius 2 is 0.786 bits per heavy atom. The standard InChI is InChI=1S/2C19H36NSi.2C5H8.2CH3.2Ti/c2*1-13-10-16-11-14-8-7-9-15(14)12-17(16)18(13)21(5,6)20-19(2,3)4;2*1-3-5-4-2;;;;/h2*13-18H,7-12H2,1-6H3;2*3-5H,1H2,2H3;2*1H3;;/q2*-1;;;2*-1;2*+2/b;;2*5-4+;;;;. The van der Waals surface area contributed by atoms with Crippen LogP contribution in [0.4, 0.5) is 0 Å². The zero-order valence-electron chi connectivity index (χ0n) is 40.2. The molecule has 0 bridgehead atoms. The van der Waals surface area contributed by atoms with Crippen molar-refractivity contribution in [3.63, 3.8) is 0 Å². The quantitative estimate of drug-likeness (QED) is 0.145. The minimum absolute atomic E-state index is 0. The van der Waals surface area contributed by atoms with E-state index in [0.717, 1.165) is 70.3 Å². The molecule has 0 N–H and O–H groups in total. The molecule has 56 heavy (non-hydrogen) atoms. The molecule has 0 aromatic rings. The molecule has 6 rings (SSSR count). The van der Waals surface area contributed by atoms with Crippen LogP contribution in [-0.4, -0.2) is 27.5 Å². The van der Waals surface area contributed by atoms with Gasteiger partial charge in [-0.3, -0.25) is 0 Å². The predicted octanol–water partition coefficient (Wildman–Crippen LogP) is 16.8. The summed E-state index contributed by atoms with van der Waals surface area (Å²) in [6.45, 7) is 40.0. The molecule has 0 saturated heterocycles. The van der Waals surface area contributed by atoms with Gasteiger partial charge in [0.05, 0.1) is 0 Å². The minimum Gasteiger partial charge on any atom is -0.660 e. The zero-order valence-corrected chi connectivity index (χ0v) is 45.3. The summed E-state index contributed by atoms with van der Waals surface area (Å²) in [5, 5.41) is 0. The molecule has 0 amide bonds. The van der Waals surface area contributed by atoms with Crippen molar-refractivity contribution in [3.05, 3.63) is 74.4 Å². The first-order valence-corrected chi connectivity index (χ1v) is 28.2. The Kier molecular flexibility index (Phi) is 26.9. The van der Waals surface area contributed by atoms with E-state index in [1.54, 1.807) is 50.7 Å². The number of nitrogens with zero attached hydrogens (tertiary/aromatic N) is 2. The molecule has 6 heteroatoms. The molecule has 320 valence electrons. The molecule has 0 aromatic carbocycles. The summed E-state index contributed by atoms with van der Waals surface area (Å²) in [7, 11) is -2.99. The van der Waals surface area contributed by atoms with Crippen LogP contribution in [0.2, 0.25) is 37.3 Å². The Labute approximate surface area is 385 Å².